The molecule has 1 amide bonds. The van der Waals surface area contributed by atoms with Gasteiger partial charge in [-0.15, -0.1) is 10.2 Å². The zero-order chi connectivity index (χ0) is 23.2. The number of amides is 1. The number of para-hydroxylation sites is 1. The van der Waals surface area contributed by atoms with Gasteiger partial charge in [0.2, 0.25) is 11.9 Å². The fourth-order valence-corrected chi connectivity index (χ4v) is 4.14. The number of aromatic nitrogens is 3. The lowest BCUT2D eigenvalue weighted by molar-refractivity contribution is -0.113. The normalized spacial score (nSPS) is 13.9. The van der Waals surface area contributed by atoms with Gasteiger partial charge in [0, 0.05) is 18.8 Å². The largest absolute Gasteiger partial charge is 0.435 e. The van der Waals surface area contributed by atoms with E-state index in [1.54, 1.807) is 0 Å². The highest BCUT2D eigenvalue weighted by Crippen LogP contribution is 2.29. The van der Waals surface area contributed by atoms with Crippen LogP contribution >= 0.6 is 11.8 Å². The van der Waals surface area contributed by atoms with Crippen LogP contribution in [0.25, 0.3) is 5.69 Å². The third-order valence-electron chi connectivity index (χ3n) is 4.96. The van der Waals surface area contributed by atoms with Gasteiger partial charge < -0.3 is 19.7 Å². The topological polar surface area (TPSA) is 81.5 Å². The second-order valence-corrected chi connectivity index (χ2v) is 8.19. The van der Waals surface area contributed by atoms with Gasteiger partial charge >= 0.3 is 6.61 Å². The molecule has 1 aliphatic rings. The lowest BCUT2D eigenvalue weighted by Gasteiger charge is -2.28. The van der Waals surface area contributed by atoms with E-state index in [-0.39, 0.29) is 17.4 Å². The van der Waals surface area contributed by atoms with E-state index in [2.05, 4.69) is 25.2 Å². The molecular formula is C22H23F2N5O3S. The van der Waals surface area contributed by atoms with Gasteiger partial charge in [0.1, 0.15) is 5.75 Å². The van der Waals surface area contributed by atoms with Crippen LogP contribution in [0.1, 0.15) is 5.56 Å². The third kappa shape index (κ3) is 5.79. The second-order valence-electron chi connectivity index (χ2n) is 7.24. The molecule has 2 aromatic carbocycles. The SMILES string of the molecule is Cc1ccccc1-n1c(SCC(=O)Nc2ccc(OC(F)F)cc2)nnc1N1CCOCC1. The van der Waals surface area contributed by atoms with E-state index in [1.165, 1.54) is 36.0 Å². The molecule has 0 bridgehead atoms. The lowest BCUT2D eigenvalue weighted by Crippen LogP contribution is -2.38. The van der Waals surface area contributed by atoms with Crippen molar-refractivity contribution in [2.75, 3.05) is 42.3 Å². The molecule has 8 nitrogen and oxygen atoms in total. The molecule has 174 valence electrons. The summed E-state index contributed by atoms with van der Waals surface area (Å²) in [5.41, 5.74) is 2.49. The Bertz CT molecular complexity index is 1090. The molecule has 1 fully saturated rings. The van der Waals surface area contributed by atoms with Crippen molar-refractivity contribution in [2.24, 2.45) is 0 Å². The molecule has 3 aromatic rings. The van der Waals surface area contributed by atoms with Crippen LogP contribution < -0.4 is 15.0 Å². The number of aryl methyl sites for hydroxylation is 1. The van der Waals surface area contributed by atoms with Crippen LogP contribution in [0.2, 0.25) is 0 Å². The number of anilines is 2. The Morgan fingerprint density at radius 3 is 2.58 bits per heavy atom. The number of alkyl halides is 2. The Labute approximate surface area is 193 Å². The van der Waals surface area contributed by atoms with E-state index in [4.69, 9.17) is 4.74 Å². The number of nitrogens with zero attached hydrogens (tertiary/aromatic N) is 4. The predicted octanol–water partition coefficient (Wildman–Crippen LogP) is 3.74. The Kier molecular flexibility index (Phi) is 7.40. The van der Waals surface area contributed by atoms with E-state index >= 15 is 0 Å². The number of benzene rings is 2. The molecule has 0 unspecified atom stereocenters. The summed E-state index contributed by atoms with van der Waals surface area (Å²) in [5.74, 6) is 0.585. The molecular weight excluding hydrogens is 452 g/mol. The maximum atomic E-state index is 12.5. The van der Waals surface area contributed by atoms with E-state index < -0.39 is 6.61 Å². The van der Waals surface area contributed by atoms with Gasteiger partial charge in [0.25, 0.3) is 0 Å². The zero-order valence-corrected chi connectivity index (χ0v) is 18.7. The predicted molar refractivity (Wildman–Crippen MR) is 122 cm³/mol. The van der Waals surface area contributed by atoms with Crippen molar-refractivity contribution in [3.63, 3.8) is 0 Å². The standard InChI is InChI=1S/C22H23F2N5O3S/c1-15-4-2-3-5-18(15)29-21(28-10-12-31-13-11-28)26-27-22(29)33-14-19(30)25-16-6-8-17(9-7-16)32-20(23)24/h2-9,20H,10-14H2,1H3,(H,25,30). The minimum Gasteiger partial charge on any atom is -0.435 e. The van der Waals surface area contributed by atoms with Gasteiger partial charge in [-0.3, -0.25) is 9.36 Å². The molecule has 1 N–H and O–H groups in total. The summed E-state index contributed by atoms with van der Waals surface area (Å²) in [6.45, 7) is 1.77. The van der Waals surface area contributed by atoms with Crippen LogP contribution in [0, 0.1) is 6.92 Å². The maximum Gasteiger partial charge on any atom is 0.387 e. The van der Waals surface area contributed by atoms with Gasteiger partial charge in [-0.1, -0.05) is 30.0 Å². The number of halogens is 2. The number of carbonyl (C=O) groups is 1. The van der Waals surface area contributed by atoms with Gasteiger partial charge in [0.15, 0.2) is 5.16 Å². The minimum absolute atomic E-state index is 0.0272. The zero-order valence-electron chi connectivity index (χ0n) is 17.9. The average Bonchev–Trinajstić information content (AvgIpc) is 3.23. The molecule has 0 atom stereocenters. The molecule has 11 heteroatoms. The monoisotopic (exact) mass is 475 g/mol. The van der Waals surface area contributed by atoms with Crippen molar-refractivity contribution in [1.82, 2.24) is 14.8 Å². The van der Waals surface area contributed by atoms with Gasteiger partial charge in [-0.2, -0.15) is 8.78 Å². The highest BCUT2D eigenvalue weighted by atomic mass is 32.2. The van der Waals surface area contributed by atoms with Crippen LogP contribution in [0.3, 0.4) is 0 Å². The molecule has 1 aliphatic heterocycles. The number of nitrogens with one attached hydrogen (secondary N) is 1. The summed E-state index contributed by atoms with van der Waals surface area (Å²) < 4.78 is 36.3. The first-order valence-corrected chi connectivity index (χ1v) is 11.3. The molecule has 0 radical (unpaired) electrons. The summed E-state index contributed by atoms with van der Waals surface area (Å²) in [5, 5.41) is 12.1. The fraction of sp³-hybridized carbons (Fsp3) is 0.318. The highest BCUT2D eigenvalue weighted by molar-refractivity contribution is 7.99. The Morgan fingerprint density at radius 2 is 1.88 bits per heavy atom. The molecule has 0 aliphatic carbocycles. The van der Waals surface area contributed by atoms with Crippen LogP contribution in [0.15, 0.2) is 53.7 Å². The quantitative estimate of drug-likeness (QED) is 0.497. The average molecular weight is 476 g/mol. The Balaban J connectivity index is 1.48. The van der Waals surface area contributed by atoms with Crippen molar-refractivity contribution >= 4 is 29.3 Å². The van der Waals surface area contributed by atoms with Crippen LogP contribution in [-0.4, -0.2) is 59.3 Å². The molecule has 0 spiro atoms. The number of thioether (sulfide) groups is 1. The van der Waals surface area contributed by atoms with Crippen LogP contribution in [0.4, 0.5) is 20.4 Å². The molecule has 33 heavy (non-hydrogen) atoms. The number of morpholine rings is 1. The first-order chi connectivity index (χ1) is 16.0. The van der Waals surface area contributed by atoms with E-state index in [9.17, 15) is 13.6 Å². The summed E-state index contributed by atoms with van der Waals surface area (Å²) in [4.78, 5) is 14.6. The first-order valence-electron chi connectivity index (χ1n) is 10.3. The van der Waals surface area contributed by atoms with Crippen LogP contribution in [-0.2, 0) is 9.53 Å². The Morgan fingerprint density at radius 1 is 1.15 bits per heavy atom. The van der Waals surface area contributed by atoms with E-state index in [1.807, 2.05) is 35.8 Å². The summed E-state index contributed by atoms with van der Waals surface area (Å²) in [7, 11) is 0. The molecule has 1 saturated heterocycles. The van der Waals surface area contributed by atoms with Crippen molar-refractivity contribution in [2.45, 2.75) is 18.7 Å². The minimum atomic E-state index is -2.89. The first kappa shape index (κ1) is 23.0. The van der Waals surface area contributed by atoms with Crippen molar-refractivity contribution < 1.29 is 23.0 Å². The highest BCUT2D eigenvalue weighted by Gasteiger charge is 2.23. The Hall–Kier alpha value is -3.18. The molecule has 2 heterocycles. The van der Waals surface area contributed by atoms with Crippen LogP contribution in [0.5, 0.6) is 5.75 Å². The number of hydrogen-bond acceptors (Lipinski definition) is 7. The van der Waals surface area contributed by atoms with Gasteiger partial charge in [-0.25, -0.2) is 0 Å². The fourth-order valence-electron chi connectivity index (χ4n) is 3.40. The number of hydrogen-bond donors (Lipinski definition) is 1. The van der Waals surface area contributed by atoms with Gasteiger partial charge in [0.05, 0.1) is 24.7 Å². The number of ether oxygens (including phenoxy) is 2. The third-order valence-corrected chi connectivity index (χ3v) is 5.89. The van der Waals surface area contributed by atoms with Crippen molar-refractivity contribution in [1.29, 1.82) is 0 Å². The lowest BCUT2D eigenvalue weighted by atomic mass is 10.2. The molecule has 4 rings (SSSR count). The van der Waals surface area contributed by atoms with E-state index in [0.29, 0.717) is 43.1 Å². The second kappa shape index (κ2) is 10.6. The summed E-state index contributed by atoms with van der Waals surface area (Å²) in [6.07, 6.45) is 0. The van der Waals surface area contributed by atoms with Crippen molar-refractivity contribution in [3.8, 4) is 11.4 Å². The summed E-state index contributed by atoms with van der Waals surface area (Å²) in [6, 6.07) is 13.7. The number of rotatable bonds is 8. The molecule has 1 aromatic heterocycles. The van der Waals surface area contributed by atoms with E-state index in [0.717, 1.165) is 11.3 Å². The van der Waals surface area contributed by atoms with Crippen molar-refractivity contribution in [3.05, 3.63) is 54.1 Å². The number of carbonyl (C=O) groups excluding carboxylic acids is 1. The maximum absolute atomic E-state index is 12.5. The molecule has 0 saturated carbocycles. The smallest absolute Gasteiger partial charge is 0.387 e. The van der Waals surface area contributed by atoms with Gasteiger partial charge in [-0.05, 0) is 42.8 Å². The summed E-state index contributed by atoms with van der Waals surface area (Å²) >= 11 is 1.27.